The van der Waals surface area contributed by atoms with Crippen LogP contribution < -0.4 is 0 Å². The zero-order valence-corrected chi connectivity index (χ0v) is 8.29. The van der Waals surface area contributed by atoms with Crippen molar-refractivity contribution in [3.05, 3.63) is 21.3 Å². The Bertz CT molecular complexity index is 271. The second-order valence-electron chi connectivity index (χ2n) is 2.26. The van der Waals surface area contributed by atoms with Gasteiger partial charge in [-0.05, 0) is 40.6 Å². The van der Waals surface area contributed by atoms with Crippen LogP contribution in [0, 0.1) is 3.57 Å². The first-order chi connectivity index (χ1) is 5.16. The van der Waals surface area contributed by atoms with Gasteiger partial charge in [-0.3, -0.25) is 0 Å². The molecule has 0 saturated carbocycles. The van der Waals surface area contributed by atoms with Gasteiger partial charge in [-0.2, -0.15) is 0 Å². The molecule has 0 aliphatic carbocycles. The summed E-state index contributed by atoms with van der Waals surface area (Å²) < 4.78 is 0.741. The number of benzene rings is 1. The molecule has 1 aromatic carbocycles. The van der Waals surface area contributed by atoms with E-state index < -0.39 is 0 Å². The molecule has 1 aromatic rings. The third-order valence-electron chi connectivity index (χ3n) is 1.56. The van der Waals surface area contributed by atoms with Crippen molar-refractivity contribution in [1.29, 1.82) is 0 Å². The zero-order valence-electron chi connectivity index (χ0n) is 6.13. The van der Waals surface area contributed by atoms with Gasteiger partial charge in [0.05, 0.1) is 3.57 Å². The predicted molar refractivity (Wildman–Crippen MR) is 51.9 cm³/mol. The van der Waals surface area contributed by atoms with Crippen molar-refractivity contribution >= 4 is 22.6 Å². The molecule has 0 aliphatic rings. The first-order valence-electron chi connectivity index (χ1n) is 3.36. The van der Waals surface area contributed by atoms with Gasteiger partial charge in [0.25, 0.3) is 0 Å². The molecule has 0 saturated heterocycles. The lowest BCUT2D eigenvalue weighted by molar-refractivity contribution is 0.400. The van der Waals surface area contributed by atoms with Crippen molar-refractivity contribution in [2.24, 2.45) is 0 Å². The van der Waals surface area contributed by atoms with Crippen LogP contribution in [-0.4, -0.2) is 10.2 Å². The number of hydrogen-bond acceptors (Lipinski definition) is 2. The van der Waals surface area contributed by atoms with E-state index in [9.17, 15) is 5.11 Å². The molecule has 0 spiro atoms. The van der Waals surface area contributed by atoms with Crippen molar-refractivity contribution in [3.8, 4) is 11.5 Å². The molecule has 2 N–H and O–H groups in total. The molecular weight excluding hydrogens is 255 g/mol. The van der Waals surface area contributed by atoms with Gasteiger partial charge in [0.15, 0.2) is 11.5 Å². The molecule has 0 aromatic heterocycles. The first-order valence-corrected chi connectivity index (χ1v) is 4.44. The van der Waals surface area contributed by atoms with Crippen LogP contribution in [0.1, 0.15) is 12.5 Å². The Hall–Kier alpha value is -0.450. The van der Waals surface area contributed by atoms with Crippen LogP contribution in [0.5, 0.6) is 11.5 Å². The van der Waals surface area contributed by atoms with Crippen molar-refractivity contribution in [3.63, 3.8) is 0 Å². The van der Waals surface area contributed by atoms with Gasteiger partial charge in [0, 0.05) is 0 Å². The highest BCUT2D eigenvalue weighted by atomic mass is 127. The average molecular weight is 264 g/mol. The van der Waals surface area contributed by atoms with E-state index in [-0.39, 0.29) is 11.5 Å². The molecule has 0 aliphatic heterocycles. The van der Waals surface area contributed by atoms with E-state index in [1.807, 2.05) is 35.6 Å². The molecule has 0 bridgehead atoms. The summed E-state index contributed by atoms with van der Waals surface area (Å²) in [4.78, 5) is 0. The number of rotatable bonds is 1. The van der Waals surface area contributed by atoms with E-state index >= 15 is 0 Å². The summed E-state index contributed by atoms with van der Waals surface area (Å²) in [5, 5.41) is 18.3. The number of hydrogen-bond donors (Lipinski definition) is 2. The van der Waals surface area contributed by atoms with E-state index in [1.165, 1.54) is 6.07 Å². The molecule has 0 unspecified atom stereocenters. The number of phenols is 2. The molecule has 2 nitrogen and oxygen atoms in total. The van der Waals surface area contributed by atoms with Crippen LogP contribution in [0.15, 0.2) is 12.1 Å². The lowest BCUT2D eigenvalue weighted by Gasteiger charge is -2.04. The lowest BCUT2D eigenvalue weighted by Crippen LogP contribution is -1.85. The molecule has 1 rings (SSSR count). The van der Waals surface area contributed by atoms with Crippen LogP contribution >= 0.6 is 22.6 Å². The van der Waals surface area contributed by atoms with E-state index in [4.69, 9.17) is 5.11 Å². The van der Waals surface area contributed by atoms with Gasteiger partial charge in [0.1, 0.15) is 0 Å². The van der Waals surface area contributed by atoms with E-state index in [2.05, 4.69) is 0 Å². The molecule has 0 amide bonds. The second-order valence-corrected chi connectivity index (χ2v) is 3.34. The summed E-state index contributed by atoms with van der Waals surface area (Å²) in [6, 6.07) is 3.33. The molecule has 0 radical (unpaired) electrons. The highest BCUT2D eigenvalue weighted by molar-refractivity contribution is 14.1. The number of halogens is 1. The fraction of sp³-hybridized carbons (Fsp3) is 0.250. The van der Waals surface area contributed by atoms with Gasteiger partial charge < -0.3 is 10.2 Å². The van der Waals surface area contributed by atoms with Gasteiger partial charge in [-0.25, -0.2) is 0 Å². The largest absolute Gasteiger partial charge is 0.504 e. The van der Waals surface area contributed by atoms with E-state index in [1.54, 1.807) is 0 Å². The van der Waals surface area contributed by atoms with Crippen LogP contribution in [-0.2, 0) is 6.42 Å². The highest BCUT2D eigenvalue weighted by Crippen LogP contribution is 2.32. The Labute approximate surface area is 79.0 Å². The topological polar surface area (TPSA) is 40.5 Å². The van der Waals surface area contributed by atoms with Crippen LogP contribution in [0.2, 0.25) is 0 Å². The van der Waals surface area contributed by atoms with Crippen LogP contribution in [0.25, 0.3) is 0 Å². The Morgan fingerprint density at radius 2 is 2.00 bits per heavy atom. The Morgan fingerprint density at radius 3 is 2.55 bits per heavy atom. The first kappa shape index (κ1) is 8.64. The minimum absolute atomic E-state index is 0.00931. The summed E-state index contributed by atoms with van der Waals surface area (Å²) in [5.41, 5.74) is 1.06. The molecule has 0 heterocycles. The third-order valence-corrected chi connectivity index (χ3v) is 2.76. The smallest absolute Gasteiger partial charge is 0.171 e. The number of aryl methyl sites for hydroxylation is 1. The molecule has 11 heavy (non-hydrogen) atoms. The van der Waals surface area contributed by atoms with Crippen LogP contribution in [0.4, 0.5) is 0 Å². The van der Waals surface area contributed by atoms with Crippen molar-refractivity contribution in [2.45, 2.75) is 13.3 Å². The molecule has 0 atom stereocenters. The van der Waals surface area contributed by atoms with Gasteiger partial charge in [-0.1, -0.05) is 13.0 Å². The van der Waals surface area contributed by atoms with Gasteiger partial charge in [0.2, 0.25) is 0 Å². The quantitative estimate of drug-likeness (QED) is 0.603. The maximum absolute atomic E-state index is 9.26. The molecule has 3 heteroatoms. The Balaban J connectivity index is 3.25. The van der Waals surface area contributed by atoms with Crippen molar-refractivity contribution in [1.82, 2.24) is 0 Å². The Morgan fingerprint density at radius 1 is 1.36 bits per heavy atom. The van der Waals surface area contributed by atoms with Gasteiger partial charge in [-0.15, -0.1) is 0 Å². The maximum Gasteiger partial charge on any atom is 0.171 e. The molecule has 60 valence electrons. The molecule has 0 fully saturated rings. The summed E-state index contributed by atoms with van der Waals surface area (Å²) in [7, 11) is 0. The molecular formula is C8H9IO2. The predicted octanol–water partition coefficient (Wildman–Crippen LogP) is 2.26. The summed E-state index contributed by atoms with van der Waals surface area (Å²) >= 11 is 2.02. The minimum Gasteiger partial charge on any atom is -0.504 e. The normalized spacial score (nSPS) is 10.0. The maximum atomic E-state index is 9.26. The monoisotopic (exact) mass is 264 g/mol. The third kappa shape index (κ3) is 1.58. The van der Waals surface area contributed by atoms with Crippen molar-refractivity contribution < 1.29 is 10.2 Å². The van der Waals surface area contributed by atoms with E-state index in [0.717, 1.165) is 15.6 Å². The summed E-state index contributed by atoms with van der Waals surface area (Å²) in [5.74, 6) is -0.0587. The minimum atomic E-state index is -0.0494. The lowest BCUT2D eigenvalue weighted by atomic mass is 10.1. The number of phenolic OH excluding ortho intramolecular Hbond substituents is 2. The summed E-state index contributed by atoms with van der Waals surface area (Å²) in [6.45, 7) is 2.01. The highest BCUT2D eigenvalue weighted by Gasteiger charge is 2.06. The summed E-state index contributed by atoms with van der Waals surface area (Å²) in [6.07, 6.45) is 0.867. The zero-order chi connectivity index (χ0) is 8.43. The van der Waals surface area contributed by atoms with Crippen LogP contribution in [0.3, 0.4) is 0 Å². The fourth-order valence-corrected chi connectivity index (χ4v) is 1.71. The fourth-order valence-electron chi connectivity index (χ4n) is 0.869. The number of aromatic hydroxyl groups is 2. The second kappa shape index (κ2) is 3.30. The van der Waals surface area contributed by atoms with E-state index in [0.29, 0.717) is 0 Å². The Kier molecular flexibility index (Phi) is 2.59. The SMILES string of the molecule is CCc1ccc(O)c(O)c1I. The van der Waals surface area contributed by atoms with Gasteiger partial charge >= 0.3 is 0 Å². The standard InChI is InChI=1S/C8H9IO2/c1-2-5-3-4-6(10)8(11)7(5)9/h3-4,10-11H,2H2,1H3. The average Bonchev–Trinajstić information content (AvgIpc) is 2.01. The van der Waals surface area contributed by atoms with Crippen molar-refractivity contribution in [2.75, 3.05) is 0 Å².